The SMILES string of the molecule is COc1nc(N)nc2c1ncn2[C@@H]1O[C@H](COP(=O)(NC(C)C(=O)OC2CCCCC2)Oc2cccc3ccccc23)[C@@H](F)[C@@]1(C)O. The molecule has 2 aromatic carbocycles. The fourth-order valence-electron chi connectivity index (χ4n) is 5.98. The number of halogens is 1. The van der Waals surface area contributed by atoms with Crippen molar-refractivity contribution in [3.8, 4) is 11.6 Å². The highest BCUT2D eigenvalue weighted by molar-refractivity contribution is 7.52. The van der Waals surface area contributed by atoms with Gasteiger partial charge in [0, 0.05) is 5.39 Å². The molecule has 6 rings (SSSR count). The molecule has 1 aliphatic carbocycles. The zero-order valence-electron chi connectivity index (χ0n) is 26.2. The molecule has 0 bridgehead atoms. The number of nitrogen functional groups attached to an aromatic ring is 1. The van der Waals surface area contributed by atoms with E-state index in [1.807, 2.05) is 18.2 Å². The van der Waals surface area contributed by atoms with E-state index in [9.17, 15) is 14.5 Å². The van der Waals surface area contributed by atoms with Gasteiger partial charge in [-0.1, -0.05) is 42.8 Å². The zero-order valence-corrected chi connectivity index (χ0v) is 27.1. The van der Waals surface area contributed by atoms with E-state index < -0.39 is 50.5 Å². The van der Waals surface area contributed by atoms with E-state index in [0.29, 0.717) is 5.39 Å². The molecule has 1 saturated heterocycles. The van der Waals surface area contributed by atoms with Crippen LogP contribution in [0, 0.1) is 0 Å². The van der Waals surface area contributed by atoms with E-state index in [2.05, 4.69) is 20.0 Å². The van der Waals surface area contributed by atoms with E-state index >= 15 is 4.39 Å². The van der Waals surface area contributed by atoms with Gasteiger partial charge >= 0.3 is 13.7 Å². The number of fused-ring (bicyclic) bond motifs is 2. The van der Waals surface area contributed by atoms with Crippen molar-refractivity contribution in [2.45, 2.75) is 82.2 Å². The molecule has 4 aromatic rings. The lowest BCUT2D eigenvalue weighted by molar-refractivity contribution is -0.152. The lowest BCUT2D eigenvalue weighted by atomic mass is 9.98. The number of imidazole rings is 1. The van der Waals surface area contributed by atoms with Crippen molar-refractivity contribution < 1.29 is 42.1 Å². The summed E-state index contributed by atoms with van der Waals surface area (Å²) in [6.45, 7) is 2.12. The number of methoxy groups -OCH3 is 1. The number of nitrogens with two attached hydrogens (primary N) is 1. The second-order valence-electron chi connectivity index (χ2n) is 12.0. The number of ether oxygens (including phenoxy) is 3. The molecule has 3 heterocycles. The molecule has 0 radical (unpaired) electrons. The number of benzene rings is 2. The molecule has 2 fully saturated rings. The van der Waals surface area contributed by atoms with Crippen molar-refractivity contribution in [2.75, 3.05) is 19.5 Å². The summed E-state index contributed by atoms with van der Waals surface area (Å²) < 4.78 is 60.2. The first-order valence-corrected chi connectivity index (χ1v) is 17.0. The van der Waals surface area contributed by atoms with Gasteiger partial charge in [0.05, 0.1) is 20.0 Å². The predicted octanol–water partition coefficient (Wildman–Crippen LogP) is 4.61. The molecule has 2 aliphatic rings. The summed E-state index contributed by atoms with van der Waals surface area (Å²) in [6, 6.07) is 11.4. The minimum Gasteiger partial charge on any atom is -0.479 e. The number of nitrogens with zero attached hydrogens (tertiary/aromatic N) is 4. The molecular weight excluding hydrogens is 634 g/mol. The van der Waals surface area contributed by atoms with Gasteiger partial charge in [-0.15, -0.1) is 0 Å². The lowest BCUT2D eigenvalue weighted by Crippen LogP contribution is -2.42. The van der Waals surface area contributed by atoms with Crippen LogP contribution in [-0.2, 0) is 23.4 Å². The number of carbonyl (C=O) groups excluding carboxylic acids is 1. The average Bonchev–Trinajstić information content (AvgIpc) is 3.57. The molecule has 6 atom stereocenters. The summed E-state index contributed by atoms with van der Waals surface area (Å²) in [7, 11) is -3.03. The summed E-state index contributed by atoms with van der Waals surface area (Å²) in [5.74, 6) is -0.431. The van der Waals surface area contributed by atoms with Crippen molar-refractivity contribution in [1.82, 2.24) is 24.6 Å². The minimum atomic E-state index is -4.42. The van der Waals surface area contributed by atoms with Gasteiger partial charge in [0.25, 0.3) is 0 Å². The summed E-state index contributed by atoms with van der Waals surface area (Å²) >= 11 is 0. The summed E-state index contributed by atoms with van der Waals surface area (Å²) in [6.07, 6.45) is 0.813. The van der Waals surface area contributed by atoms with Gasteiger partial charge in [0.15, 0.2) is 23.6 Å². The van der Waals surface area contributed by atoms with E-state index in [0.717, 1.165) is 37.5 Å². The number of aliphatic hydroxyl groups is 1. The normalized spacial score (nSPS) is 25.4. The Labute approximate surface area is 270 Å². The van der Waals surface area contributed by atoms with Crippen LogP contribution in [0.15, 0.2) is 48.8 Å². The maximum Gasteiger partial charge on any atom is 0.459 e. The van der Waals surface area contributed by atoms with Crippen molar-refractivity contribution in [3.63, 3.8) is 0 Å². The average molecular weight is 673 g/mol. The van der Waals surface area contributed by atoms with Gasteiger partial charge in [0.1, 0.15) is 29.6 Å². The van der Waals surface area contributed by atoms with Crippen molar-refractivity contribution in [1.29, 1.82) is 0 Å². The van der Waals surface area contributed by atoms with Crippen LogP contribution in [0.4, 0.5) is 10.3 Å². The smallest absolute Gasteiger partial charge is 0.459 e. The fourth-order valence-corrected chi connectivity index (χ4v) is 7.50. The first-order chi connectivity index (χ1) is 22.5. The van der Waals surface area contributed by atoms with Crippen LogP contribution in [0.5, 0.6) is 11.6 Å². The Hall–Kier alpha value is -3.88. The van der Waals surface area contributed by atoms with Crippen LogP contribution in [0.25, 0.3) is 21.9 Å². The van der Waals surface area contributed by atoms with E-state index in [4.69, 9.17) is 29.0 Å². The molecule has 0 spiro atoms. The van der Waals surface area contributed by atoms with Gasteiger partial charge in [-0.2, -0.15) is 15.1 Å². The highest BCUT2D eigenvalue weighted by Gasteiger charge is 2.55. The summed E-state index contributed by atoms with van der Waals surface area (Å²) in [5, 5.41) is 15.4. The Morgan fingerprint density at radius 2 is 1.96 bits per heavy atom. The number of aromatic nitrogens is 4. The topological polar surface area (TPSA) is 182 Å². The van der Waals surface area contributed by atoms with Crippen molar-refractivity contribution in [2.24, 2.45) is 0 Å². The first kappa shape index (κ1) is 33.0. The molecule has 252 valence electrons. The second-order valence-corrected chi connectivity index (χ2v) is 13.7. The van der Waals surface area contributed by atoms with Crippen LogP contribution >= 0.6 is 7.75 Å². The van der Waals surface area contributed by atoms with E-state index in [1.165, 1.54) is 31.9 Å². The van der Waals surface area contributed by atoms with Gasteiger partial charge in [0.2, 0.25) is 11.8 Å². The number of nitrogens with one attached hydrogen (secondary N) is 1. The third-order valence-corrected chi connectivity index (χ3v) is 10.1. The Morgan fingerprint density at radius 1 is 1.21 bits per heavy atom. The standard InChI is InChI=1S/C31H38FN6O8P/c1-18(28(39)44-20-12-5-4-6-13-20)37-47(41,46-22-15-9-11-19-10-7-8-14-21(19)22)43-16-23-25(32)31(2,40)29(45-23)38-17-34-24-26(38)35-30(33)36-27(24)42-3/h7-11,14-15,17-18,20,23,25,29,40H,4-6,12-13,16H2,1-3H3,(H,37,41)(H2,33,35,36)/t18?,23-,25-,29-,31-,47?/m1/s1. The van der Waals surface area contributed by atoms with Crippen molar-refractivity contribution in [3.05, 3.63) is 48.8 Å². The number of alkyl halides is 1. The molecule has 47 heavy (non-hydrogen) atoms. The van der Waals surface area contributed by atoms with Gasteiger partial charge < -0.3 is 29.6 Å². The number of carbonyl (C=O) groups is 1. The summed E-state index contributed by atoms with van der Waals surface area (Å²) in [5.41, 5.74) is 4.09. The maximum atomic E-state index is 15.9. The maximum absolute atomic E-state index is 15.9. The van der Waals surface area contributed by atoms with Crippen LogP contribution in [0.3, 0.4) is 0 Å². The fraction of sp³-hybridized carbons (Fsp3) is 0.484. The third-order valence-electron chi connectivity index (χ3n) is 8.46. The molecular formula is C31H38FN6O8P. The van der Waals surface area contributed by atoms with Crippen molar-refractivity contribution >= 4 is 41.6 Å². The molecule has 0 amide bonds. The Balaban J connectivity index is 1.24. The Bertz CT molecular complexity index is 1800. The van der Waals surface area contributed by atoms with Gasteiger partial charge in [-0.05, 0) is 51.0 Å². The number of hydrogen-bond acceptors (Lipinski definition) is 12. The molecule has 2 aromatic heterocycles. The van der Waals surface area contributed by atoms with Gasteiger partial charge in [-0.3, -0.25) is 13.9 Å². The summed E-state index contributed by atoms with van der Waals surface area (Å²) in [4.78, 5) is 25.4. The first-order valence-electron chi connectivity index (χ1n) is 15.5. The van der Waals surface area contributed by atoms with Gasteiger partial charge in [-0.25, -0.2) is 13.9 Å². The van der Waals surface area contributed by atoms with Crippen LogP contribution in [0.2, 0.25) is 0 Å². The number of anilines is 1. The highest BCUT2D eigenvalue weighted by Crippen LogP contribution is 2.49. The Kier molecular flexibility index (Phi) is 9.36. The molecule has 1 saturated carbocycles. The van der Waals surface area contributed by atoms with E-state index in [-0.39, 0.29) is 34.8 Å². The number of esters is 1. The predicted molar refractivity (Wildman–Crippen MR) is 169 cm³/mol. The number of hydrogen-bond donors (Lipinski definition) is 3. The molecule has 14 nitrogen and oxygen atoms in total. The molecule has 2 unspecified atom stereocenters. The van der Waals surface area contributed by atoms with Crippen LogP contribution in [0.1, 0.15) is 52.2 Å². The van der Waals surface area contributed by atoms with Crippen LogP contribution in [-0.4, -0.2) is 74.3 Å². The monoisotopic (exact) mass is 672 g/mol. The zero-order chi connectivity index (χ0) is 33.3. The van der Waals surface area contributed by atoms with E-state index in [1.54, 1.807) is 24.3 Å². The minimum absolute atomic E-state index is 0.0919. The van der Waals surface area contributed by atoms with Crippen LogP contribution < -0.4 is 20.1 Å². The largest absolute Gasteiger partial charge is 0.479 e. The second kappa shape index (κ2) is 13.3. The quantitative estimate of drug-likeness (QED) is 0.148. The molecule has 4 N–H and O–H groups in total. The number of rotatable bonds is 11. The molecule has 1 aliphatic heterocycles. The highest BCUT2D eigenvalue weighted by atomic mass is 31.2. The lowest BCUT2D eigenvalue weighted by Gasteiger charge is -2.27. The molecule has 16 heteroatoms. The Morgan fingerprint density at radius 3 is 2.72 bits per heavy atom. The third kappa shape index (κ3) is 6.76.